The van der Waals surface area contributed by atoms with Crippen molar-refractivity contribution in [2.75, 3.05) is 7.05 Å². The molecule has 0 saturated carbocycles. The number of rotatable bonds is 2. The Morgan fingerprint density at radius 2 is 1.27 bits per heavy atom. The van der Waals surface area contributed by atoms with Gasteiger partial charge < -0.3 is 8.83 Å². The summed E-state index contributed by atoms with van der Waals surface area (Å²) < 4.78 is 14.7. The lowest BCUT2D eigenvalue weighted by molar-refractivity contribution is -0.399. The number of hydrogen-bond donors (Lipinski definition) is 0. The van der Waals surface area contributed by atoms with Crippen LogP contribution >= 0.6 is 0 Å². The van der Waals surface area contributed by atoms with Crippen molar-refractivity contribution >= 4 is 55.8 Å². The summed E-state index contributed by atoms with van der Waals surface area (Å²) in [5.41, 5.74) is 6.44. The maximum Gasteiger partial charge on any atom is 0.177 e. The van der Waals surface area contributed by atoms with E-state index >= 15 is 0 Å². The molecule has 0 unspecified atom stereocenters. The second kappa shape index (κ2) is 6.33. The molecule has 0 N–H and O–H groups in total. The molecule has 0 radical (unpaired) electrons. The minimum Gasteiger partial charge on any atom is -0.496 e. The third-order valence-electron chi connectivity index (χ3n) is 5.78. The maximum atomic E-state index is 6.46. The fraction of sp³-hybridized carbons (Fsp3) is 0.0741. The summed E-state index contributed by atoms with van der Waals surface area (Å²) in [5, 5.41) is 4.31. The van der Waals surface area contributed by atoms with Gasteiger partial charge >= 0.3 is 0 Å². The van der Waals surface area contributed by atoms with Crippen molar-refractivity contribution in [3.05, 3.63) is 90.0 Å². The Bertz CT molecular complexity index is 1600. The number of hydrogen-bond acceptors (Lipinski definition) is 2. The highest BCUT2D eigenvalue weighted by Crippen LogP contribution is 2.39. The number of aryl methyl sites for hydroxylation is 1. The summed E-state index contributed by atoms with van der Waals surface area (Å²) in [4.78, 5) is 0. The molecule has 0 atom stereocenters. The topological polar surface area (TPSA) is 29.3 Å². The molecular formula is C27H19NO2. The third kappa shape index (κ3) is 2.42. The second-order valence-electron chi connectivity index (χ2n) is 7.66. The van der Waals surface area contributed by atoms with Crippen molar-refractivity contribution in [1.29, 1.82) is 0 Å². The molecule has 0 amide bonds. The van der Waals surface area contributed by atoms with Crippen LogP contribution in [-0.4, -0.2) is 17.8 Å². The van der Waals surface area contributed by atoms with Gasteiger partial charge in [0.1, 0.15) is 18.3 Å². The lowest BCUT2D eigenvalue weighted by atomic mass is 10.0. The summed E-state index contributed by atoms with van der Waals surface area (Å²) in [6.45, 7) is 2.09. The lowest BCUT2D eigenvalue weighted by Gasteiger charge is -2.08. The Balaban J connectivity index is 1.67. The molecule has 0 fully saturated rings. The van der Waals surface area contributed by atoms with Crippen molar-refractivity contribution in [1.82, 2.24) is 0 Å². The number of furan rings is 2. The SMILES string of the molecule is Cc1ccc2c(oc3c2ccc2c4ccccc4oc23)c1[C-]=[N+](C)c1ccccc1. The van der Waals surface area contributed by atoms with Gasteiger partial charge in [-0.2, -0.15) is 0 Å². The highest BCUT2D eigenvalue weighted by molar-refractivity contribution is 6.20. The van der Waals surface area contributed by atoms with Crippen molar-refractivity contribution in [3.63, 3.8) is 0 Å². The van der Waals surface area contributed by atoms with Crippen molar-refractivity contribution in [2.45, 2.75) is 6.92 Å². The van der Waals surface area contributed by atoms with E-state index < -0.39 is 0 Å². The normalized spacial score (nSPS) is 12.5. The molecule has 6 rings (SSSR count). The van der Waals surface area contributed by atoms with Gasteiger partial charge in [-0.1, -0.05) is 55.5 Å². The summed E-state index contributed by atoms with van der Waals surface area (Å²) in [6, 6.07) is 26.8. The first-order valence-corrected chi connectivity index (χ1v) is 10.0. The maximum absolute atomic E-state index is 6.46. The van der Waals surface area contributed by atoms with Crippen molar-refractivity contribution in [2.24, 2.45) is 0 Å². The fourth-order valence-corrected chi connectivity index (χ4v) is 4.20. The first-order valence-electron chi connectivity index (χ1n) is 10.0. The van der Waals surface area contributed by atoms with E-state index in [1.165, 1.54) is 0 Å². The lowest BCUT2D eigenvalue weighted by Crippen LogP contribution is -2.02. The van der Waals surface area contributed by atoms with E-state index in [1.807, 2.05) is 48.0 Å². The van der Waals surface area contributed by atoms with Crippen LogP contribution in [0.5, 0.6) is 0 Å². The van der Waals surface area contributed by atoms with Crippen LogP contribution in [0.1, 0.15) is 11.1 Å². The zero-order chi connectivity index (χ0) is 20.2. The van der Waals surface area contributed by atoms with Crippen LogP contribution in [0.2, 0.25) is 0 Å². The molecule has 0 aliphatic heterocycles. The van der Waals surface area contributed by atoms with Crippen molar-refractivity contribution in [3.8, 4) is 0 Å². The average Bonchev–Trinajstić information content (AvgIpc) is 3.34. The molecular weight excluding hydrogens is 370 g/mol. The summed E-state index contributed by atoms with van der Waals surface area (Å²) >= 11 is 0. The number of benzene rings is 4. The smallest absolute Gasteiger partial charge is 0.177 e. The Hall–Kier alpha value is -3.85. The van der Waals surface area contributed by atoms with Gasteiger partial charge in [0.15, 0.2) is 17.4 Å². The van der Waals surface area contributed by atoms with E-state index in [-0.39, 0.29) is 0 Å². The van der Waals surface area contributed by atoms with E-state index in [0.717, 1.165) is 60.7 Å². The molecule has 0 saturated heterocycles. The van der Waals surface area contributed by atoms with E-state index in [2.05, 4.69) is 55.6 Å². The van der Waals surface area contributed by atoms with E-state index in [1.54, 1.807) is 0 Å². The van der Waals surface area contributed by atoms with Gasteiger partial charge in [-0.25, -0.2) is 0 Å². The molecule has 3 heteroatoms. The van der Waals surface area contributed by atoms with Gasteiger partial charge in [-0.3, -0.25) is 4.58 Å². The zero-order valence-corrected chi connectivity index (χ0v) is 16.8. The molecule has 2 aromatic heterocycles. The Kier molecular flexibility index (Phi) is 3.59. The Labute approximate surface area is 173 Å². The van der Waals surface area contributed by atoms with Crippen LogP contribution in [0.25, 0.3) is 43.9 Å². The molecule has 0 aliphatic carbocycles. The second-order valence-corrected chi connectivity index (χ2v) is 7.66. The number of nitrogens with zero attached hydrogens (tertiary/aromatic N) is 1. The van der Waals surface area contributed by atoms with Crippen LogP contribution in [-0.2, 0) is 0 Å². The molecule has 4 aromatic carbocycles. The van der Waals surface area contributed by atoms with Gasteiger partial charge in [0, 0.05) is 16.2 Å². The van der Waals surface area contributed by atoms with Crippen LogP contribution in [0.4, 0.5) is 5.69 Å². The molecule has 3 nitrogen and oxygen atoms in total. The Morgan fingerprint density at radius 3 is 2.10 bits per heavy atom. The van der Waals surface area contributed by atoms with Gasteiger partial charge in [0.2, 0.25) is 0 Å². The fourth-order valence-electron chi connectivity index (χ4n) is 4.20. The average molecular weight is 389 g/mol. The first kappa shape index (κ1) is 17.0. The monoisotopic (exact) mass is 389 g/mol. The Morgan fingerprint density at radius 1 is 0.633 bits per heavy atom. The molecule has 0 aliphatic rings. The molecule has 0 spiro atoms. The van der Waals surface area contributed by atoms with Crippen LogP contribution in [0, 0.1) is 6.92 Å². The zero-order valence-electron chi connectivity index (χ0n) is 16.8. The molecule has 2 heterocycles. The predicted molar refractivity (Wildman–Crippen MR) is 122 cm³/mol. The van der Waals surface area contributed by atoms with Crippen LogP contribution in [0.3, 0.4) is 0 Å². The van der Waals surface area contributed by atoms with E-state index in [0.29, 0.717) is 0 Å². The highest BCUT2D eigenvalue weighted by atomic mass is 16.4. The summed E-state index contributed by atoms with van der Waals surface area (Å²) in [6.07, 6.45) is 3.51. The largest absolute Gasteiger partial charge is 0.496 e. The van der Waals surface area contributed by atoms with E-state index in [9.17, 15) is 0 Å². The van der Waals surface area contributed by atoms with Gasteiger partial charge in [0.25, 0.3) is 0 Å². The minimum absolute atomic E-state index is 0.787. The van der Waals surface area contributed by atoms with E-state index in [4.69, 9.17) is 8.83 Å². The predicted octanol–water partition coefficient (Wildman–Crippen LogP) is 7.06. The van der Waals surface area contributed by atoms with Crippen LogP contribution < -0.4 is 0 Å². The number of para-hydroxylation sites is 2. The van der Waals surface area contributed by atoms with Gasteiger partial charge in [0.05, 0.1) is 5.58 Å². The third-order valence-corrected chi connectivity index (χ3v) is 5.78. The minimum atomic E-state index is 0.787. The first-order chi connectivity index (χ1) is 14.7. The van der Waals surface area contributed by atoms with Crippen LogP contribution in [0.15, 0.2) is 87.7 Å². The molecule has 30 heavy (non-hydrogen) atoms. The van der Waals surface area contributed by atoms with Gasteiger partial charge in [-0.05, 0) is 35.2 Å². The number of fused-ring (bicyclic) bond motifs is 7. The van der Waals surface area contributed by atoms with Gasteiger partial charge in [-0.15, -0.1) is 11.6 Å². The molecule has 6 aromatic rings. The summed E-state index contributed by atoms with van der Waals surface area (Å²) in [7, 11) is 2.01. The summed E-state index contributed by atoms with van der Waals surface area (Å²) in [5.74, 6) is 0. The highest BCUT2D eigenvalue weighted by Gasteiger charge is 2.16. The van der Waals surface area contributed by atoms with Crippen molar-refractivity contribution < 1.29 is 13.4 Å². The quantitative estimate of drug-likeness (QED) is 0.180. The standard InChI is InChI=1S/C27H19NO2/c1-17-12-13-21-22-15-14-20-19-10-6-7-11-24(19)29-26(20)27(22)30-25(21)23(17)16-28(2)18-8-4-3-5-9-18/h3-15H,1-2H3. The molecule has 144 valence electrons. The molecule has 0 bridgehead atoms.